The van der Waals surface area contributed by atoms with Gasteiger partial charge in [0, 0.05) is 24.1 Å². The van der Waals surface area contributed by atoms with Gasteiger partial charge in [-0.3, -0.25) is 4.79 Å². The highest BCUT2D eigenvalue weighted by molar-refractivity contribution is 5.96. The molecule has 1 N–H and O–H groups in total. The third-order valence-electron chi connectivity index (χ3n) is 3.85. The van der Waals surface area contributed by atoms with E-state index >= 15 is 0 Å². The van der Waals surface area contributed by atoms with Crippen LogP contribution in [-0.2, 0) is 18.3 Å². The molecule has 0 aliphatic heterocycles. The molecule has 0 saturated heterocycles. The summed E-state index contributed by atoms with van der Waals surface area (Å²) in [5, 5.41) is 4.08. The van der Waals surface area contributed by atoms with Crippen molar-refractivity contribution >= 4 is 22.5 Å². The number of ether oxygens (including phenoxy) is 1. The van der Waals surface area contributed by atoms with Gasteiger partial charge in [0.25, 0.3) is 0 Å². The summed E-state index contributed by atoms with van der Waals surface area (Å²) in [6.07, 6.45) is 2.40. The molecule has 0 saturated carbocycles. The summed E-state index contributed by atoms with van der Waals surface area (Å²) in [6, 6.07) is 15.6. The topological polar surface area (TPSA) is 43.3 Å². The van der Waals surface area contributed by atoms with E-state index in [1.54, 1.807) is 0 Å². The minimum atomic E-state index is -0.0499. The molecule has 4 nitrogen and oxygen atoms in total. The second-order valence-electron chi connectivity index (χ2n) is 6.17. The molecule has 3 rings (SSSR count). The molecule has 124 valence electrons. The zero-order valence-electron chi connectivity index (χ0n) is 14.2. The Kier molecular flexibility index (Phi) is 4.56. The molecule has 24 heavy (non-hydrogen) atoms. The maximum absolute atomic E-state index is 12.5. The van der Waals surface area contributed by atoms with Gasteiger partial charge >= 0.3 is 0 Å². The highest BCUT2D eigenvalue weighted by Crippen LogP contribution is 2.26. The minimum Gasteiger partial charge on any atom is -0.489 e. The summed E-state index contributed by atoms with van der Waals surface area (Å²) >= 11 is 0. The highest BCUT2D eigenvalue weighted by Gasteiger charge is 2.13. The number of nitrogens with zero attached hydrogens (tertiary/aromatic N) is 1. The van der Waals surface area contributed by atoms with Gasteiger partial charge in [-0.25, -0.2) is 0 Å². The van der Waals surface area contributed by atoms with Crippen LogP contribution in [0.25, 0.3) is 10.9 Å². The average Bonchev–Trinajstić information content (AvgIpc) is 2.85. The maximum Gasteiger partial charge on any atom is 0.228 e. The summed E-state index contributed by atoms with van der Waals surface area (Å²) in [4.78, 5) is 12.5. The number of carbonyl (C=O) groups is 1. The molecular weight excluding hydrogens is 300 g/mol. The minimum absolute atomic E-state index is 0.0499. The number of anilines is 1. The van der Waals surface area contributed by atoms with Crippen LogP contribution in [0.3, 0.4) is 0 Å². The first-order chi connectivity index (χ1) is 11.5. The lowest BCUT2D eigenvalue weighted by Crippen LogP contribution is -2.16. The van der Waals surface area contributed by atoms with E-state index in [4.69, 9.17) is 4.74 Å². The third kappa shape index (κ3) is 3.43. The first kappa shape index (κ1) is 16.1. The van der Waals surface area contributed by atoms with E-state index < -0.39 is 0 Å². The molecule has 0 unspecified atom stereocenters. The fourth-order valence-corrected chi connectivity index (χ4v) is 2.86. The fourth-order valence-electron chi connectivity index (χ4n) is 2.86. The van der Waals surface area contributed by atoms with E-state index in [0.29, 0.717) is 17.9 Å². The third-order valence-corrected chi connectivity index (χ3v) is 3.85. The summed E-state index contributed by atoms with van der Waals surface area (Å²) < 4.78 is 7.80. The van der Waals surface area contributed by atoms with Crippen LogP contribution in [0.1, 0.15) is 19.4 Å². The number of rotatable bonds is 5. The molecule has 3 aromatic rings. The van der Waals surface area contributed by atoms with Crippen molar-refractivity contribution in [3.63, 3.8) is 0 Å². The van der Waals surface area contributed by atoms with Gasteiger partial charge in [0.2, 0.25) is 5.91 Å². The number of hydrogen-bond acceptors (Lipinski definition) is 2. The van der Waals surface area contributed by atoms with Crippen molar-refractivity contribution in [2.24, 2.45) is 7.05 Å². The molecular formula is C20H22N2O2. The van der Waals surface area contributed by atoms with Crippen LogP contribution < -0.4 is 10.1 Å². The second-order valence-corrected chi connectivity index (χ2v) is 6.17. The smallest absolute Gasteiger partial charge is 0.228 e. The summed E-state index contributed by atoms with van der Waals surface area (Å²) in [5.41, 5.74) is 2.85. The van der Waals surface area contributed by atoms with E-state index in [1.807, 2.05) is 74.1 Å². The predicted molar refractivity (Wildman–Crippen MR) is 97.5 cm³/mol. The van der Waals surface area contributed by atoms with Crippen LogP contribution in [0.2, 0.25) is 0 Å². The number of para-hydroxylation sites is 3. The molecule has 2 aromatic carbocycles. The van der Waals surface area contributed by atoms with Crippen LogP contribution in [0.5, 0.6) is 5.75 Å². The van der Waals surface area contributed by atoms with Crippen molar-refractivity contribution < 1.29 is 9.53 Å². The number of carbonyl (C=O) groups excluding carboxylic acids is 1. The fraction of sp³-hybridized carbons (Fsp3) is 0.250. The van der Waals surface area contributed by atoms with Gasteiger partial charge in [-0.15, -0.1) is 0 Å². The van der Waals surface area contributed by atoms with E-state index in [2.05, 4.69) is 11.4 Å². The van der Waals surface area contributed by atoms with Crippen molar-refractivity contribution in [3.8, 4) is 5.75 Å². The molecule has 0 bridgehead atoms. The summed E-state index contributed by atoms with van der Waals surface area (Å²) in [7, 11) is 2.00. The molecule has 0 atom stereocenters. The van der Waals surface area contributed by atoms with Crippen LogP contribution >= 0.6 is 0 Å². The SMILES string of the molecule is CC(C)Oc1ccccc1NC(=O)Cc1cn(C)c2ccccc12. The molecule has 1 heterocycles. The van der Waals surface area contributed by atoms with E-state index in [-0.39, 0.29) is 12.0 Å². The number of nitrogens with one attached hydrogen (secondary N) is 1. The number of benzene rings is 2. The van der Waals surface area contributed by atoms with E-state index in [1.165, 1.54) is 0 Å². The molecule has 0 aliphatic carbocycles. The highest BCUT2D eigenvalue weighted by atomic mass is 16.5. The van der Waals surface area contributed by atoms with Crippen LogP contribution in [0, 0.1) is 0 Å². The lowest BCUT2D eigenvalue weighted by atomic mass is 10.1. The zero-order chi connectivity index (χ0) is 17.1. The van der Waals surface area contributed by atoms with Gasteiger partial charge in [0.15, 0.2) is 0 Å². The number of aryl methyl sites for hydroxylation is 1. The molecule has 0 fully saturated rings. The van der Waals surface area contributed by atoms with E-state index in [9.17, 15) is 4.79 Å². The van der Waals surface area contributed by atoms with Gasteiger partial charge < -0.3 is 14.6 Å². The van der Waals surface area contributed by atoms with Crippen molar-refractivity contribution in [2.45, 2.75) is 26.4 Å². The number of fused-ring (bicyclic) bond motifs is 1. The Morgan fingerprint density at radius 1 is 1.12 bits per heavy atom. The summed E-state index contributed by atoms with van der Waals surface area (Å²) in [6.45, 7) is 3.93. The standard InChI is InChI=1S/C20H22N2O2/c1-14(2)24-19-11-7-5-9-17(19)21-20(23)12-15-13-22(3)18-10-6-4-8-16(15)18/h4-11,13-14H,12H2,1-3H3,(H,21,23). The largest absolute Gasteiger partial charge is 0.489 e. The molecule has 0 spiro atoms. The van der Waals surface area contributed by atoms with E-state index in [0.717, 1.165) is 16.5 Å². The monoisotopic (exact) mass is 322 g/mol. The molecule has 1 aromatic heterocycles. The lowest BCUT2D eigenvalue weighted by Gasteiger charge is -2.14. The Morgan fingerprint density at radius 2 is 1.83 bits per heavy atom. The second kappa shape index (κ2) is 6.79. The zero-order valence-corrected chi connectivity index (χ0v) is 14.2. The summed E-state index contributed by atoms with van der Waals surface area (Å²) in [5.74, 6) is 0.643. The van der Waals surface area contributed by atoms with Crippen LogP contribution in [0.15, 0.2) is 54.7 Å². The Bertz CT molecular complexity index is 865. The maximum atomic E-state index is 12.5. The van der Waals surface area contributed by atoms with Crippen molar-refractivity contribution in [2.75, 3.05) is 5.32 Å². The molecule has 0 radical (unpaired) electrons. The number of aromatic nitrogens is 1. The van der Waals surface area contributed by atoms with Crippen molar-refractivity contribution in [3.05, 3.63) is 60.3 Å². The van der Waals surface area contributed by atoms with Gasteiger partial charge in [0.05, 0.1) is 18.2 Å². The lowest BCUT2D eigenvalue weighted by molar-refractivity contribution is -0.115. The molecule has 0 aliphatic rings. The van der Waals surface area contributed by atoms with Crippen LogP contribution in [-0.4, -0.2) is 16.6 Å². The first-order valence-corrected chi connectivity index (χ1v) is 8.13. The van der Waals surface area contributed by atoms with Gasteiger partial charge in [-0.2, -0.15) is 0 Å². The van der Waals surface area contributed by atoms with Gasteiger partial charge in [-0.05, 0) is 37.6 Å². The number of hydrogen-bond donors (Lipinski definition) is 1. The number of amides is 1. The Morgan fingerprint density at radius 3 is 2.62 bits per heavy atom. The molecule has 1 amide bonds. The van der Waals surface area contributed by atoms with Crippen molar-refractivity contribution in [1.82, 2.24) is 4.57 Å². The Labute approximate surface area is 142 Å². The molecule has 4 heteroatoms. The predicted octanol–water partition coefficient (Wildman–Crippen LogP) is 4.15. The average molecular weight is 322 g/mol. The van der Waals surface area contributed by atoms with Crippen molar-refractivity contribution in [1.29, 1.82) is 0 Å². The first-order valence-electron chi connectivity index (χ1n) is 8.13. The van der Waals surface area contributed by atoms with Crippen LogP contribution in [0.4, 0.5) is 5.69 Å². The normalized spacial score (nSPS) is 11.0. The quantitative estimate of drug-likeness (QED) is 0.767. The van der Waals surface area contributed by atoms with Gasteiger partial charge in [0.1, 0.15) is 5.75 Å². The van der Waals surface area contributed by atoms with Gasteiger partial charge in [-0.1, -0.05) is 30.3 Å². The Hall–Kier alpha value is -2.75. The Balaban J connectivity index is 1.79.